The van der Waals surface area contributed by atoms with E-state index in [1.54, 1.807) is 17.7 Å². The van der Waals surface area contributed by atoms with Crippen LogP contribution in [0.3, 0.4) is 0 Å². The molecule has 3 nitrogen and oxygen atoms in total. The van der Waals surface area contributed by atoms with Crippen molar-refractivity contribution in [1.29, 1.82) is 0 Å². The molecule has 0 aliphatic carbocycles. The standard InChI is InChI=1S/C12H13ClN2O/c1-14-7-9-6-8-4-3-5-10(13)11(8)15(2)12(9)16/h3-6,14H,7H2,1-2H3. The van der Waals surface area contributed by atoms with Crippen LogP contribution in [0, 0.1) is 0 Å². The smallest absolute Gasteiger partial charge is 0.255 e. The zero-order valence-electron chi connectivity index (χ0n) is 9.25. The molecule has 1 aromatic heterocycles. The maximum Gasteiger partial charge on any atom is 0.255 e. The van der Waals surface area contributed by atoms with Crippen LogP contribution in [0.2, 0.25) is 5.02 Å². The third-order valence-electron chi connectivity index (χ3n) is 2.63. The van der Waals surface area contributed by atoms with E-state index < -0.39 is 0 Å². The molecule has 0 saturated carbocycles. The van der Waals surface area contributed by atoms with Crippen molar-refractivity contribution >= 4 is 22.5 Å². The molecule has 0 saturated heterocycles. The van der Waals surface area contributed by atoms with Crippen LogP contribution in [0.5, 0.6) is 0 Å². The molecule has 0 aliphatic rings. The average Bonchev–Trinajstić information content (AvgIpc) is 2.25. The number of fused-ring (bicyclic) bond motifs is 1. The molecule has 1 N–H and O–H groups in total. The van der Waals surface area contributed by atoms with E-state index in [9.17, 15) is 4.79 Å². The zero-order valence-corrected chi connectivity index (χ0v) is 10.0. The Morgan fingerprint density at radius 2 is 2.19 bits per heavy atom. The Morgan fingerprint density at radius 1 is 1.44 bits per heavy atom. The molecule has 0 spiro atoms. The number of aryl methyl sites for hydroxylation is 1. The first-order chi connectivity index (χ1) is 7.65. The van der Waals surface area contributed by atoms with Crippen LogP contribution < -0.4 is 10.9 Å². The summed E-state index contributed by atoms with van der Waals surface area (Å²) in [6, 6.07) is 7.53. The second kappa shape index (κ2) is 4.28. The molecular weight excluding hydrogens is 224 g/mol. The minimum Gasteiger partial charge on any atom is -0.315 e. The quantitative estimate of drug-likeness (QED) is 0.865. The number of hydrogen-bond acceptors (Lipinski definition) is 2. The first-order valence-electron chi connectivity index (χ1n) is 5.07. The minimum atomic E-state index is -0.00468. The summed E-state index contributed by atoms with van der Waals surface area (Å²) in [7, 11) is 3.57. The highest BCUT2D eigenvalue weighted by molar-refractivity contribution is 6.35. The highest BCUT2D eigenvalue weighted by Crippen LogP contribution is 2.21. The van der Waals surface area contributed by atoms with Gasteiger partial charge in [-0.15, -0.1) is 0 Å². The maximum atomic E-state index is 12.0. The van der Waals surface area contributed by atoms with Gasteiger partial charge in [-0.1, -0.05) is 23.7 Å². The molecule has 84 valence electrons. The Morgan fingerprint density at radius 3 is 2.88 bits per heavy atom. The predicted molar refractivity (Wildman–Crippen MR) is 67.0 cm³/mol. The zero-order chi connectivity index (χ0) is 11.7. The van der Waals surface area contributed by atoms with Crippen molar-refractivity contribution in [3.05, 3.63) is 45.2 Å². The van der Waals surface area contributed by atoms with E-state index in [1.807, 2.05) is 25.2 Å². The van der Waals surface area contributed by atoms with Crippen LogP contribution in [0.15, 0.2) is 29.1 Å². The molecular formula is C12H13ClN2O. The number of halogens is 1. The van der Waals surface area contributed by atoms with Gasteiger partial charge in [-0.25, -0.2) is 0 Å². The molecule has 1 heterocycles. The van der Waals surface area contributed by atoms with Crippen molar-refractivity contribution in [2.24, 2.45) is 7.05 Å². The maximum absolute atomic E-state index is 12.0. The molecule has 0 bridgehead atoms. The van der Waals surface area contributed by atoms with Crippen molar-refractivity contribution < 1.29 is 0 Å². The molecule has 4 heteroatoms. The lowest BCUT2D eigenvalue weighted by molar-refractivity contribution is 0.782. The second-order valence-corrected chi connectivity index (χ2v) is 4.15. The second-order valence-electron chi connectivity index (χ2n) is 3.74. The minimum absolute atomic E-state index is 0.00468. The first kappa shape index (κ1) is 11.2. The number of para-hydroxylation sites is 1. The predicted octanol–water partition coefficient (Wildman–Crippen LogP) is 1.91. The van der Waals surface area contributed by atoms with E-state index in [0.717, 1.165) is 16.5 Å². The number of nitrogens with zero attached hydrogens (tertiary/aromatic N) is 1. The molecule has 0 radical (unpaired) electrons. The normalized spacial score (nSPS) is 10.9. The third kappa shape index (κ3) is 1.72. The number of pyridine rings is 1. The van der Waals surface area contributed by atoms with Crippen LogP contribution >= 0.6 is 11.6 Å². The molecule has 2 aromatic rings. The Bertz CT molecular complexity index is 589. The molecule has 1 aromatic carbocycles. The monoisotopic (exact) mass is 236 g/mol. The Kier molecular flexibility index (Phi) is 2.99. The molecule has 0 fully saturated rings. The van der Waals surface area contributed by atoms with Gasteiger partial charge in [-0.2, -0.15) is 0 Å². The van der Waals surface area contributed by atoms with E-state index >= 15 is 0 Å². The highest BCUT2D eigenvalue weighted by atomic mass is 35.5. The Hall–Kier alpha value is -1.32. The SMILES string of the molecule is CNCc1cc2cccc(Cl)c2n(C)c1=O. The van der Waals surface area contributed by atoms with Gasteiger partial charge in [0, 0.05) is 24.5 Å². The van der Waals surface area contributed by atoms with Gasteiger partial charge in [-0.05, 0) is 19.2 Å². The van der Waals surface area contributed by atoms with Crippen LogP contribution in [0.1, 0.15) is 5.56 Å². The van der Waals surface area contributed by atoms with Crippen LogP contribution in [0.25, 0.3) is 10.9 Å². The average molecular weight is 237 g/mol. The molecule has 0 aliphatic heterocycles. The van der Waals surface area contributed by atoms with E-state index in [4.69, 9.17) is 11.6 Å². The summed E-state index contributed by atoms with van der Waals surface area (Å²) in [6.45, 7) is 0.565. The fourth-order valence-electron chi connectivity index (χ4n) is 1.89. The molecule has 0 amide bonds. The van der Waals surface area contributed by atoms with Gasteiger partial charge in [0.2, 0.25) is 0 Å². The van der Waals surface area contributed by atoms with Gasteiger partial charge in [-0.3, -0.25) is 4.79 Å². The van der Waals surface area contributed by atoms with Gasteiger partial charge in [0.15, 0.2) is 0 Å². The number of benzene rings is 1. The van der Waals surface area contributed by atoms with Crippen LogP contribution in [-0.2, 0) is 13.6 Å². The fraction of sp³-hybridized carbons (Fsp3) is 0.250. The lowest BCUT2D eigenvalue weighted by Crippen LogP contribution is -2.24. The van der Waals surface area contributed by atoms with Crippen molar-refractivity contribution in [1.82, 2.24) is 9.88 Å². The number of hydrogen-bond donors (Lipinski definition) is 1. The summed E-state index contributed by atoms with van der Waals surface area (Å²) in [4.78, 5) is 12.0. The Labute approximate surface area is 98.7 Å². The third-order valence-corrected chi connectivity index (χ3v) is 2.93. The van der Waals surface area contributed by atoms with Gasteiger partial charge < -0.3 is 9.88 Å². The Balaban J connectivity index is 2.83. The summed E-state index contributed by atoms with van der Waals surface area (Å²) < 4.78 is 1.60. The number of aromatic nitrogens is 1. The van der Waals surface area contributed by atoms with Crippen LogP contribution in [0.4, 0.5) is 0 Å². The lowest BCUT2D eigenvalue weighted by atomic mass is 10.1. The number of rotatable bonds is 2. The summed E-state index contributed by atoms with van der Waals surface area (Å²) in [5, 5.41) is 4.58. The van der Waals surface area contributed by atoms with Gasteiger partial charge in [0.25, 0.3) is 5.56 Å². The largest absolute Gasteiger partial charge is 0.315 e. The lowest BCUT2D eigenvalue weighted by Gasteiger charge is -2.09. The number of nitrogens with one attached hydrogen (secondary N) is 1. The molecule has 0 unspecified atom stereocenters. The van der Waals surface area contributed by atoms with Gasteiger partial charge in [0.05, 0.1) is 10.5 Å². The van der Waals surface area contributed by atoms with E-state index in [0.29, 0.717) is 11.6 Å². The van der Waals surface area contributed by atoms with Crippen molar-refractivity contribution in [2.45, 2.75) is 6.54 Å². The molecule has 16 heavy (non-hydrogen) atoms. The van der Waals surface area contributed by atoms with Crippen molar-refractivity contribution in [3.63, 3.8) is 0 Å². The first-order valence-corrected chi connectivity index (χ1v) is 5.44. The summed E-state index contributed by atoms with van der Waals surface area (Å²) in [6.07, 6.45) is 0. The molecule has 0 atom stereocenters. The summed E-state index contributed by atoms with van der Waals surface area (Å²) >= 11 is 6.09. The van der Waals surface area contributed by atoms with E-state index in [-0.39, 0.29) is 5.56 Å². The summed E-state index contributed by atoms with van der Waals surface area (Å²) in [5.74, 6) is 0. The van der Waals surface area contributed by atoms with Crippen LogP contribution in [-0.4, -0.2) is 11.6 Å². The van der Waals surface area contributed by atoms with E-state index in [1.165, 1.54) is 0 Å². The summed E-state index contributed by atoms with van der Waals surface area (Å²) in [5.41, 5.74) is 1.53. The van der Waals surface area contributed by atoms with E-state index in [2.05, 4.69) is 5.32 Å². The van der Waals surface area contributed by atoms with Gasteiger partial charge >= 0.3 is 0 Å². The fourth-order valence-corrected chi connectivity index (χ4v) is 2.19. The highest BCUT2D eigenvalue weighted by Gasteiger charge is 2.08. The van der Waals surface area contributed by atoms with Crippen molar-refractivity contribution in [2.75, 3.05) is 7.05 Å². The van der Waals surface area contributed by atoms with Crippen molar-refractivity contribution in [3.8, 4) is 0 Å². The van der Waals surface area contributed by atoms with Gasteiger partial charge in [0.1, 0.15) is 0 Å². The topological polar surface area (TPSA) is 34.0 Å². The molecule has 2 rings (SSSR count).